The van der Waals surface area contributed by atoms with E-state index in [0.29, 0.717) is 6.04 Å². The monoisotopic (exact) mass is 221 g/mol. The highest BCUT2D eigenvalue weighted by atomic mass is 16.5. The van der Waals surface area contributed by atoms with Crippen LogP contribution in [0.1, 0.15) is 19.4 Å². The van der Waals surface area contributed by atoms with Crippen LogP contribution in [-0.4, -0.2) is 25.4 Å². The van der Waals surface area contributed by atoms with Crippen LogP contribution in [0.25, 0.3) is 0 Å². The Bertz CT molecular complexity index is 334. The summed E-state index contributed by atoms with van der Waals surface area (Å²) in [5.41, 5.74) is 1.25. The first-order chi connectivity index (χ1) is 7.74. The van der Waals surface area contributed by atoms with E-state index >= 15 is 0 Å². The largest absolute Gasteiger partial charge is 0.491 e. The summed E-state index contributed by atoms with van der Waals surface area (Å²) in [5.74, 6) is 0.944. The highest BCUT2D eigenvalue weighted by Crippen LogP contribution is 2.15. The van der Waals surface area contributed by atoms with Crippen LogP contribution in [-0.2, 0) is 11.3 Å². The highest BCUT2D eigenvalue weighted by molar-refractivity contribution is 5.28. The molecule has 0 aliphatic carbocycles. The molecule has 1 aliphatic heterocycles. The van der Waals surface area contributed by atoms with Gasteiger partial charge in [-0.25, -0.2) is 0 Å². The lowest BCUT2D eigenvalue weighted by Crippen LogP contribution is -2.45. The summed E-state index contributed by atoms with van der Waals surface area (Å²) in [6.45, 7) is 6.63. The number of hydrogen-bond acceptors (Lipinski definition) is 3. The molecule has 1 saturated heterocycles. The van der Waals surface area contributed by atoms with Crippen molar-refractivity contribution in [2.24, 2.45) is 0 Å². The van der Waals surface area contributed by atoms with E-state index in [2.05, 4.69) is 17.4 Å². The van der Waals surface area contributed by atoms with Gasteiger partial charge in [0, 0.05) is 6.54 Å². The first kappa shape index (κ1) is 11.4. The van der Waals surface area contributed by atoms with Crippen LogP contribution in [0.4, 0.5) is 0 Å². The van der Waals surface area contributed by atoms with Gasteiger partial charge in [-0.05, 0) is 31.5 Å². The van der Waals surface area contributed by atoms with E-state index in [1.54, 1.807) is 0 Å². The Balaban J connectivity index is 1.87. The number of hydrogen-bond donors (Lipinski definition) is 1. The van der Waals surface area contributed by atoms with Crippen molar-refractivity contribution in [3.63, 3.8) is 0 Å². The molecule has 0 unspecified atom stereocenters. The molecule has 1 aromatic carbocycles. The molecule has 1 aromatic rings. The van der Waals surface area contributed by atoms with E-state index in [-0.39, 0.29) is 6.10 Å². The molecule has 1 N–H and O–H groups in total. The second kappa shape index (κ2) is 5.32. The molecule has 1 aliphatic rings. The van der Waals surface area contributed by atoms with Crippen molar-refractivity contribution in [2.45, 2.75) is 32.5 Å². The zero-order valence-electron chi connectivity index (χ0n) is 9.90. The van der Waals surface area contributed by atoms with E-state index in [1.807, 2.05) is 26.0 Å². The smallest absolute Gasteiger partial charge is 0.120 e. The van der Waals surface area contributed by atoms with Gasteiger partial charge in [0.25, 0.3) is 0 Å². The summed E-state index contributed by atoms with van der Waals surface area (Å²) in [7, 11) is 0. The molecule has 16 heavy (non-hydrogen) atoms. The van der Waals surface area contributed by atoms with E-state index in [4.69, 9.17) is 9.47 Å². The summed E-state index contributed by atoms with van der Waals surface area (Å²) in [5, 5.41) is 3.44. The van der Waals surface area contributed by atoms with Gasteiger partial charge in [-0.15, -0.1) is 0 Å². The van der Waals surface area contributed by atoms with E-state index in [9.17, 15) is 0 Å². The molecule has 3 heteroatoms. The molecule has 0 amide bonds. The molecule has 88 valence electrons. The minimum atomic E-state index is 0.225. The molecular formula is C13H19NO2. The van der Waals surface area contributed by atoms with Gasteiger partial charge < -0.3 is 14.8 Å². The second-order valence-corrected chi connectivity index (χ2v) is 4.43. The maximum Gasteiger partial charge on any atom is 0.120 e. The third-order valence-corrected chi connectivity index (χ3v) is 2.50. The van der Waals surface area contributed by atoms with Crippen LogP contribution < -0.4 is 10.1 Å². The van der Waals surface area contributed by atoms with Crippen molar-refractivity contribution in [3.05, 3.63) is 29.8 Å². The highest BCUT2D eigenvalue weighted by Gasteiger charge is 2.16. The Hall–Kier alpha value is -1.06. The fraction of sp³-hybridized carbons (Fsp3) is 0.538. The minimum Gasteiger partial charge on any atom is -0.491 e. The number of nitrogens with one attached hydrogen (secondary N) is 1. The van der Waals surface area contributed by atoms with Crippen LogP contribution in [0, 0.1) is 0 Å². The van der Waals surface area contributed by atoms with Gasteiger partial charge in [-0.1, -0.05) is 12.1 Å². The normalized spacial score (nSPS) is 16.2. The van der Waals surface area contributed by atoms with Crippen LogP contribution in [0.2, 0.25) is 0 Å². The van der Waals surface area contributed by atoms with E-state index in [0.717, 1.165) is 25.5 Å². The lowest BCUT2D eigenvalue weighted by Gasteiger charge is -2.27. The molecular weight excluding hydrogens is 202 g/mol. The molecule has 2 rings (SSSR count). The van der Waals surface area contributed by atoms with Crippen LogP contribution in [0.5, 0.6) is 5.75 Å². The topological polar surface area (TPSA) is 30.5 Å². The maximum atomic E-state index is 5.65. The zero-order valence-corrected chi connectivity index (χ0v) is 9.90. The molecule has 1 fully saturated rings. The molecule has 0 saturated carbocycles. The minimum absolute atomic E-state index is 0.225. The molecule has 0 aromatic heterocycles. The first-order valence-corrected chi connectivity index (χ1v) is 5.81. The summed E-state index contributed by atoms with van der Waals surface area (Å²) in [6.07, 6.45) is 0.225. The summed E-state index contributed by atoms with van der Waals surface area (Å²) in [6, 6.07) is 8.75. The summed E-state index contributed by atoms with van der Waals surface area (Å²) >= 11 is 0. The van der Waals surface area contributed by atoms with Crippen LogP contribution >= 0.6 is 0 Å². The number of rotatable bonds is 5. The number of ether oxygens (including phenoxy) is 2. The van der Waals surface area contributed by atoms with Gasteiger partial charge in [-0.3, -0.25) is 0 Å². The Morgan fingerprint density at radius 1 is 1.44 bits per heavy atom. The third kappa shape index (κ3) is 3.22. The lowest BCUT2D eigenvalue weighted by atomic mass is 10.2. The predicted octanol–water partition coefficient (Wildman–Crippen LogP) is 1.96. The maximum absolute atomic E-state index is 5.65. The average molecular weight is 221 g/mol. The summed E-state index contributed by atoms with van der Waals surface area (Å²) in [4.78, 5) is 0. The fourth-order valence-corrected chi connectivity index (χ4v) is 1.62. The first-order valence-electron chi connectivity index (χ1n) is 5.81. The molecule has 0 radical (unpaired) electrons. The van der Waals surface area contributed by atoms with Gasteiger partial charge in [0.1, 0.15) is 5.75 Å². The molecule has 0 bridgehead atoms. The third-order valence-electron chi connectivity index (χ3n) is 2.50. The summed E-state index contributed by atoms with van der Waals surface area (Å²) < 4.78 is 10.8. The Kier molecular flexibility index (Phi) is 3.80. The van der Waals surface area contributed by atoms with Gasteiger partial charge in [0.2, 0.25) is 0 Å². The molecule has 3 nitrogen and oxygen atoms in total. The van der Waals surface area contributed by atoms with E-state index < -0.39 is 0 Å². The Morgan fingerprint density at radius 2 is 2.25 bits per heavy atom. The fourth-order valence-electron chi connectivity index (χ4n) is 1.62. The van der Waals surface area contributed by atoms with Crippen molar-refractivity contribution in [3.8, 4) is 5.75 Å². The molecule has 1 heterocycles. The standard InChI is InChI=1S/C13H19NO2/c1-10(2)16-13-5-3-4-11(6-13)7-14-12-8-15-9-12/h3-6,10,12,14H,7-9H2,1-2H3. The predicted molar refractivity (Wildman–Crippen MR) is 63.7 cm³/mol. The van der Waals surface area contributed by atoms with Gasteiger partial charge in [-0.2, -0.15) is 0 Å². The Morgan fingerprint density at radius 3 is 2.88 bits per heavy atom. The zero-order chi connectivity index (χ0) is 11.4. The van der Waals surface area contributed by atoms with Crippen molar-refractivity contribution < 1.29 is 9.47 Å². The average Bonchev–Trinajstić information content (AvgIpc) is 2.14. The SMILES string of the molecule is CC(C)Oc1cccc(CNC2COC2)c1. The molecule has 0 spiro atoms. The lowest BCUT2D eigenvalue weighted by molar-refractivity contribution is -0.00579. The van der Waals surface area contributed by atoms with Crippen molar-refractivity contribution in [1.29, 1.82) is 0 Å². The van der Waals surface area contributed by atoms with Crippen molar-refractivity contribution in [2.75, 3.05) is 13.2 Å². The number of benzene rings is 1. The van der Waals surface area contributed by atoms with Crippen molar-refractivity contribution >= 4 is 0 Å². The van der Waals surface area contributed by atoms with E-state index in [1.165, 1.54) is 5.56 Å². The van der Waals surface area contributed by atoms with Crippen LogP contribution in [0.3, 0.4) is 0 Å². The van der Waals surface area contributed by atoms with Gasteiger partial charge in [0.15, 0.2) is 0 Å². The van der Waals surface area contributed by atoms with Gasteiger partial charge in [0.05, 0.1) is 25.4 Å². The Labute approximate surface area is 96.8 Å². The second-order valence-electron chi connectivity index (χ2n) is 4.43. The van der Waals surface area contributed by atoms with Gasteiger partial charge >= 0.3 is 0 Å². The van der Waals surface area contributed by atoms with Crippen molar-refractivity contribution in [1.82, 2.24) is 5.32 Å². The quantitative estimate of drug-likeness (QED) is 0.824. The van der Waals surface area contributed by atoms with Crippen LogP contribution in [0.15, 0.2) is 24.3 Å². The molecule has 0 atom stereocenters.